The summed E-state index contributed by atoms with van der Waals surface area (Å²) in [5, 5.41) is 41.9. The van der Waals surface area contributed by atoms with Crippen molar-refractivity contribution in [2.24, 2.45) is 17.6 Å². The van der Waals surface area contributed by atoms with E-state index in [-0.39, 0.29) is 151 Å². The van der Waals surface area contributed by atoms with E-state index in [9.17, 15) is 53.4 Å². The first-order chi connectivity index (χ1) is 40.1. The Morgan fingerprint density at radius 2 is 1.10 bits per heavy atom. The van der Waals surface area contributed by atoms with Crippen LogP contribution in [0.3, 0.4) is 0 Å². The van der Waals surface area contributed by atoms with E-state index in [0.717, 1.165) is 56.9 Å². The summed E-state index contributed by atoms with van der Waals surface area (Å²) in [6.45, 7) is 1.71. The number of carboxylic acid groups (broad SMARTS) is 2. The van der Waals surface area contributed by atoms with Gasteiger partial charge in [-0.25, -0.2) is 4.79 Å². The molecule has 2 fully saturated rings. The van der Waals surface area contributed by atoms with Crippen molar-refractivity contribution >= 4 is 53.2 Å². The van der Waals surface area contributed by atoms with E-state index in [4.69, 9.17) is 29.8 Å². The number of nitrogens with one attached hydrogen (secondary N) is 5. The van der Waals surface area contributed by atoms with Crippen LogP contribution in [0.5, 0.6) is 5.75 Å². The van der Waals surface area contributed by atoms with Crippen LogP contribution in [0.15, 0.2) is 24.3 Å². The number of hydrogen-bond acceptors (Lipinski definition) is 15. The number of aromatic hydroxyl groups is 1. The van der Waals surface area contributed by atoms with Gasteiger partial charge in [0.25, 0.3) is 0 Å². The molecule has 0 aromatic heterocycles. The maximum atomic E-state index is 13.0. The van der Waals surface area contributed by atoms with Gasteiger partial charge in [-0.1, -0.05) is 102 Å². The summed E-state index contributed by atoms with van der Waals surface area (Å²) in [6, 6.07) is 3.67. The number of nitrogens with two attached hydrogens (primary N) is 1. The molecule has 1 aromatic rings. The van der Waals surface area contributed by atoms with Crippen molar-refractivity contribution in [3.8, 4) is 5.75 Å². The van der Waals surface area contributed by atoms with Crippen LogP contribution >= 0.6 is 0 Å². The molecule has 10 N–H and O–H groups in total. The Hall–Kier alpha value is -5.75. The molecule has 0 spiro atoms. The molecule has 1 unspecified atom stereocenters. The third-order valence-electron chi connectivity index (χ3n) is 15.2. The molecule has 3 rings (SSSR count). The topological polar surface area (TPSA) is 341 Å². The van der Waals surface area contributed by atoms with Crippen LogP contribution in [0.1, 0.15) is 173 Å². The highest BCUT2D eigenvalue weighted by Gasteiger charge is 2.34. The lowest BCUT2D eigenvalue weighted by molar-refractivity contribution is -0.143. The third-order valence-corrected chi connectivity index (χ3v) is 15.2. The number of nitrogens with zero attached hydrogens (tertiary/aromatic N) is 1. The molecular formula is C60H99N7O16. The first kappa shape index (κ1) is 71.5. The summed E-state index contributed by atoms with van der Waals surface area (Å²) in [6.07, 6.45) is 23.3. The van der Waals surface area contributed by atoms with Gasteiger partial charge >= 0.3 is 11.9 Å². The molecule has 1 saturated heterocycles. The maximum absolute atomic E-state index is 13.0. The van der Waals surface area contributed by atoms with Crippen LogP contribution in [-0.4, -0.2) is 177 Å². The first-order valence-corrected chi connectivity index (χ1v) is 30.6. The second-order valence-electron chi connectivity index (χ2n) is 22.0. The zero-order chi connectivity index (χ0) is 60.3. The Bertz CT molecular complexity index is 2060. The summed E-state index contributed by atoms with van der Waals surface area (Å²) >= 11 is 0. The number of primary amides is 1. The quantitative estimate of drug-likeness (QED) is 0.0402. The number of carbonyl (C=O) groups is 9. The fourth-order valence-electron chi connectivity index (χ4n) is 10.2. The van der Waals surface area contributed by atoms with E-state index < -0.39 is 36.0 Å². The van der Waals surface area contributed by atoms with Crippen molar-refractivity contribution in [2.45, 2.75) is 191 Å². The zero-order valence-electron chi connectivity index (χ0n) is 49.2. The lowest BCUT2D eigenvalue weighted by Crippen LogP contribution is -2.49. The standard InChI is InChI=1S/C60H99N7O16/c61-58(76)50(40-45-23-27-48(68)28-24-45)64-42-52(69)51-18-17-33-67(51)56(73)44-83-39-37-81-35-32-63-55(72)43-82-38-36-80-34-31-62-54(71)30-29-49(60(78)79)66-59(77)47-25-21-46(22-26-47)41-65-53(70)19-15-13-11-9-7-5-3-1-2-4-6-8-10-12-14-16-20-57(74)75/h23-24,27-28,46-47,49-51,64,68H,1-22,25-26,29-44H2,(H2,61,76)(H,62,71)(H,63,72)(H,65,70)(H,66,77)(H,74,75)(H,78,79)/t46?,47?,49?,50-,51-/m0/s1. The molecule has 23 nitrogen and oxygen atoms in total. The number of likely N-dealkylation sites (tertiary alicyclic amines) is 1. The number of phenols is 1. The van der Waals surface area contributed by atoms with E-state index in [1.54, 1.807) is 12.1 Å². The zero-order valence-corrected chi connectivity index (χ0v) is 49.2. The van der Waals surface area contributed by atoms with Gasteiger partial charge in [-0.2, -0.15) is 0 Å². The first-order valence-electron chi connectivity index (χ1n) is 30.6. The summed E-state index contributed by atoms with van der Waals surface area (Å²) in [5.41, 5.74) is 6.30. The monoisotopic (exact) mass is 1170 g/mol. The van der Waals surface area contributed by atoms with Crippen molar-refractivity contribution in [2.75, 3.05) is 85.6 Å². The Morgan fingerprint density at radius 3 is 1.65 bits per heavy atom. The van der Waals surface area contributed by atoms with Crippen molar-refractivity contribution in [1.82, 2.24) is 31.5 Å². The minimum atomic E-state index is -1.21. The largest absolute Gasteiger partial charge is 0.508 e. The number of ether oxygens (including phenoxy) is 4. The molecule has 1 aliphatic carbocycles. The lowest BCUT2D eigenvalue weighted by atomic mass is 9.81. The van der Waals surface area contributed by atoms with Crippen LogP contribution in [0, 0.1) is 11.8 Å². The minimum absolute atomic E-state index is 0.0609. The van der Waals surface area contributed by atoms with Crippen LogP contribution in [-0.2, 0) is 68.5 Å². The highest BCUT2D eigenvalue weighted by atomic mass is 16.5. The van der Waals surface area contributed by atoms with Gasteiger partial charge in [-0.15, -0.1) is 0 Å². The number of carbonyl (C=O) groups excluding carboxylic acids is 7. The van der Waals surface area contributed by atoms with Gasteiger partial charge in [0, 0.05) is 51.4 Å². The summed E-state index contributed by atoms with van der Waals surface area (Å²) in [7, 11) is 0. The average Bonchev–Trinajstić information content (AvgIpc) is 4.21. The summed E-state index contributed by atoms with van der Waals surface area (Å²) in [5.74, 6) is -4.09. The molecular weight excluding hydrogens is 1070 g/mol. The van der Waals surface area contributed by atoms with Gasteiger partial charge < -0.3 is 66.2 Å². The number of rotatable bonds is 50. The Balaban J connectivity index is 1.08. The smallest absolute Gasteiger partial charge is 0.326 e. The molecule has 1 aromatic carbocycles. The molecule has 470 valence electrons. The van der Waals surface area contributed by atoms with Crippen molar-refractivity contribution < 1.29 is 77.4 Å². The highest BCUT2D eigenvalue weighted by molar-refractivity contribution is 5.92. The van der Waals surface area contributed by atoms with Crippen LogP contribution in [0.25, 0.3) is 0 Å². The second kappa shape index (κ2) is 44.7. The van der Waals surface area contributed by atoms with E-state index >= 15 is 0 Å². The maximum Gasteiger partial charge on any atom is 0.326 e. The number of hydrogen-bond donors (Lipinski definition) is 9. The number of Topliss-reactive ketones (excluding diaryl/α,β-unsaturated/α-hetero) is 1. The minimum Gasteiger partial charge on any atom is -0.508 e. The number of carboxylic acids is 2. The van der Waals surface area contributed by atoms with Crippen LogP contribution in [0.4, 0.5) is 0 Å². The van der Waals surface area contributed by atoms with Crippen molar-refractivity contribution in [3.63, 3.8) is 0 Å². The molecule has 2 aliphatic rings. The van der Waals surface area contributed by atoms with E-state index in [2.05, 4.69) is 26.6 Å². The molecule has 1 aliphatic heterocycles. The second-order valence-corrected chi connectivity index (χ2v) is 22.0. The van der Waals surface area contributed by atoms with Gasteiger partial charge in [0.1, 0.15) is 25.0 Å². The number of phenolic OH excluding ortho intramolecular Hbond substituents is 1. The molecule has 0 bridgehead atoms. The number of amides is 6. The number of aliphatic carboxylic acids is 2. The predicted octanol–water partition coefficient (Wildman–Crippen LogP) is 4.62. The molecule has 1 heterocycles. The molecule has 83 heavy (non-hydrogen) atoms. The SMILES string of the molecule is NC(=O)[C@H](Cc1ccc(O)cc1)NCC(=O)[C@@H]1CCCN1C(=O)COCCOCCNC(=O)COCCOCCNC(=O)CCC(NC(=O)C1CCC(CNC(=O)CCCCCCCCCCCCCCCCCCC(=O)O)CC1)C(=O)O. The molecule has 1 saturated carbocycles. The van der Waals surface area contributed by atoms with E-state index in [0.29, 0.717) is 45.2 Å². The molecule has 0 radical (unpaired) electrons. The Labute approximate surface area is 490 Å². The normalized spacial score (nSPS) is 16.6. The van der Waals surface area contributed by atoms with Crippen LogP contribution in [0.2, 0.25) is 0 Å². The fraction of sp³-hybridized carbons (Fsp3) is 0.750. The Morgan fingerprint density at radius 1 is 0.578 bits per heavy atom. The van der Waals surface area contributed by atoms with Gasteiger partial charge in [0.2, 0.25) is 35.4 Å². The molecule has 23 heteroatoms. The average molecular weight is 1170 g/mol. The summed E-state index contributed by atoms with van der Waals surface area (Å²) in [4.78, 5) is 112. The van der Waals surface area contributed by atoms with Crippen molar-refractivity contribution in [3.05, 3.63) is 29.8 Å². The molecule has 3 atom stereocenters. The third kappa shape index (κ3) is 34.6. The van der Waals surface area contributed by atoms with Gasteiger partial charge in [-0.05, 0) is 87.8 Å². The number of ketones is 1. The van der Waals surface area contributed by atoms with Gasteiger partial charge in [-0.3, -0.25) is 43.7 Å². The fourth-order valence-corrected chi connectivity index (χ4v) is 10.2. The number of unbranched alkanes of at least 4 members (excludes halogenated alkanes) is 15. The van der Waals surface area contributed by atoms with E-state index in [1.807, 2.05) is 0 Å². The predicted molar refractivity (Wildman–Crippen MR) is 310 cm³/mol. The van der Waals surface area contributed by atoms with Crippen LogP contribution < -0.4 is 32.3 Å². The van der Waals surface area contributed by atoms with Gasteiger partial charge in [0.05, 0.1) is 58.3 Å². The van der Waals surface area contributed by atoms with Gasteiger partial charge in [0.15, 0.2) is 5.78 Å². The van der Waals surface area contributed by atoms with Crippen molar-refractivity contribution in [1.29, 1.82) is 0 Å². The Kier molecular flexibility index (Phi) is 38.5. The lowest BCUT2D eigenvalue weighted by Gasteiger charge is -2.28. The molecule has 6 amide bonds. The van der Waals surface area contributed by atoms with E-state index in [1.165, 1.54) is 81.2 Å². The highest BCUT2D eigenvalue weighted by Crippen LogP contribution is 2.29. The number of benzene rings is 1. The summed E-state index contributed by atoms with van der Waals surface area (Å²) < 4.78 is 21.7.